The number of morpholine rings is 1. The molecule has 1 atom stereocenters. The van der Waals surface area contributed by atoms with E-state index < -0.39 is 0 Å². The number of aliphatic hydroxyl groups is 1. The van der Waals surface area contributed by atoms with Gasteiger partial charge in [0.25, 0.3) is 0 Å². The zero-order valence-corrected chi connectivity index (χ0v) is 26.2. The molecule has 0 bridgehead atoms. The topological polar surface area (TPSA) is 97.3 Å². The molecular weight excluding hydrogens is 562 g/mol. The summed E-state index contributed by atoms with van der Waals surface area (Å²) in [5.74, 6) is 0.0858. The van der Waals surface area contributed by atoms with Crippen molar-refractivity contribution in [3.63, 3.8) is 0 Å². The normalized spacial score (nSPS) is 19.6. The summed E-state index contributed by atoms with van der Waals surface area (Å²) in [6.45, 7) is 12.4. The zero-order valence-electron chi connectivity index (χ0n) is 25.3. The van der Waals surface area contributed by atoms with Crippen LogP contribution in [0.2, 0.25) is 0 Å². The van der Waals surface area contributed by atoms with Gasteiger partial charge in [-0.25, -0.2) is 4.98 Å². The van der Waals surface area contributed by atoms with E-state index in [2.05, 4.69) is 49.4 Å². The highest BCUT2D eigenvalue weighted by molar-refractivity contribution is 7.13. The number of likely N-dealkylation sites (tertiary alicyclic amines) is 1. The average molecular weight is 608 g/mol. The molecular formula is C32H45N7O3S. The molecule has 11 heteroatoms. The van der Waals surface area contributed by atoms with Crippen LogP contribution >= 0.6 is 11.3 Å². The van der Waals surface area contributed by atoms with Gasteiger partial charge in [-0.2, -0.15) is 0 Å². The summed E-state index contributed by atoms with van der Waals surface area (Å²) in [4.78, 5) is 32.7. The van der Waals surface area contributed by atoms with Crippen LogP contribution in [0.15, 0.2) is 29.8 Å². The fourth-order valence-corrected chi connectivity index (χ4v) is 7.68. The number of benzene rings is 1. The molecule has 2 N–H and O–H groups in total. The lowest BCUT2D eigenvalue weighted by Gasteiger charge is -2.31. The molecule has 3 aliphatic heterocycles. The van der Waals surface area contributed by atoms with E-state index in [1.54, 1.807) is 11.3 Å². The van der Waals surface area contributed by atoms with E-state index in [1.165, 1.54) is 12.8 Å². The van der Waals surface area contributed by atoms with Crippen LogP contribution < -0.4 is 15.1 Å². The van der Waals surface area contributed by atoms with Crippen LogP contribution in [-0.4, -0.2) is 109 Å². The number of carbonyl (C=O) groups excluding carboxylic acids is 1. The Bertz CT molecular complexity index is 1370. The van der Waals surface area contributed by atoms with Crippen molar-refractivity contribution in [2.24, 2.45) is 0 Å². The van der Waals surface area contributed by atoms with Gasteiger partial charge in [-0.1, -0.05) is 6.07 Å². The van der Waals surface area contributed by atoms with Crippen LogP contribution in [-0.2, 0) is 16.1 Å². The predicted octanol–water partition coefficient (Wildman–Crippen LogP) is 3.18. The fourth-order valence-electron chi connectivity index (χ4n) is 6.75. The Balaban J connectivity index is 1.20. The van der Waals surface area contributed by atoms with E-state index in [0.29, 0.717) is 13.0 Å². The number of thiazole rings is 1. The first-order valence-corrected chi connectivity index (χ1v) is 16.7. The van der Waals surface area contributed by atoms with E-state index in [4.69, 9.17) is 14.7 Å². The standard InChI is InChI=1S/C32H45N7O3S/c1-24-20-25-6-4-7-34-30(25)31(26(24)22-40)38-12-5-11-37(14-15-38)28(21-29(41)33-8-13-36-9-2-3-10-36)27-23-43-32(35-27)39-16-18-42-19-17-39/h4,6-7,20,23,28,40H,2-3,5,8-19,21-22H2,1H3,(H,33,41). The van der Waals surface area contributed by atoms with E-state index >= 15 is 0 Å². The van der Waals surface area contributed by atoms with E-state index in [0.717, 1.165) is 117 Å². The summed E-state index contributed by atoms with van der Waals surface area (Å²) in [5, 5.41) is 17.8. The number of aromatic nitrogens is 2. The minimum atomic E-state index is -0.0949. The van der Waals surface area contributed by atoms with Gasteiger partial charge in [-0.15, -0.1) is 11.3 Å². The molecule has 0 radical (unpaired) electrons. The highest BCUT2D eigenvalue weighted by Crippen LogP contribution is 2.35. The van der Waals surface area contributed by atoms with Crippen LogP contribution in [0.3, 0.4) is 0 Å². The Hall–Kier alpha value is -2.83. The molecule has 3 saturated heterocycles. The number of carbonyl (C=O) groups is 1. The van der Waals surface area contributed by atoms with Gasteiger partial charge in [-0.05, 0) is 57.0 Å². The second-order valence-corrected chi connectivity index (χ2v) is 12.7. The van der Waals surface area contributed by atoms with Gasteiger partial charge in [0, 0.05) is 81.3 Å². The molecule has 6 rings (SSSR count). The van der Waals surface area contributed by atoms with Gasteiger partial charge in [0.05, 0.1) is 42.8 Å². The van der Waals surface area contributed by atoms with E-state index in [1.807, 2.05) is 12.3 Å². The Morgan fingerprint density at radius 2 is 1.91 bits per heavy atom. The summed E-state index contributed by atoms with van der Waals surface area (Å²) in [6.07, 6.45) is 5.68. The third-order valence-electron chi connectivity index (χ3n) is 9.10. The van der Waals surface area contributed by atoms with Crippen molar-refractivity contribution in [1.29, 1.82) is 0 Å². The van der Waals surface area contributed by atoms with Crippen LogP contribution in [0.4, 0.5) is 10.8 Å². The van der Waals surface area contributed by atoms with Gasteiger partial charge < -0.3 is 29.9 Å². The molecule has 3 fully saturated rings. The van der Waals surface area contributed by atoms with Crippen LogP contribution in [0, 0.1) is 6.92 Å². The van der Waals surface area contributed by atoms with Crippen molar-refractivity contribution < 1.29 is 14.6 Å². The molecule has 3 aliphatic rings. The quantitative estimate of drug-likeness (QED) is 0.360. The molecule has 232 valence electrons. The molecule has 5 heterocycles. The van der Waals surface area contributed by atoms with Crippen LogP contribution in [0.5, 0.6) is 0 Å². The maximum atomic E-state index is 13.3. The number of hydrogen-bond donors (Lipinski definition) is 2. The first-order chi connectivity index (χ1) is 21.1. The molecule has 0 spiro atoms. The number of hydrogen-bond acceptors (Lipinski definition) is 10. The number of pyridine rings is 1. The maximum Gasteiger partial charge on any atom is 0.222 e. The molecule has 3 aromatic rings. The Labute approximate surface area is 258 Å². The molecule has 0 saturated carbocycles. The van der Waals surface area contributed by atoms with Crippen molar-refractivity contribution in [3.05, 3.63) is 46.6 Å². The predicted molar refractivity (Wildman–Crippen MR) is 172 cm³/mol. The monoisotopic (exact) mass is 607 g/mol. The number of amides is 1. The second-order valence-electron chi connectivity index (χ2n) is 11.9. The molecule has 0 aliphatic carbocycles. The summed E-state index contributed by atoms with van der Waals surface area (Å²) in [6, 6.07) is 6.08. The Morgan fingerprint density at radius 1 is 1.07 bits per heavy atom. The van der Waals surface area contributed by atoms with Crippen molar-refractivity contribution >= 4 is 39.0 Å². The fraction of sp³-hybridized carbons (Fsp3) is 0.594. The second kappa shape index (κ2) is 14.3. The first kappa shape index (κ1) is 30.2. The van der Waals surface area contributed by atoms with Crippen LogP contribution in [0.25, 0.3) is 10.9 Å². The summed E-state index contributed by atoms with van der Waals surface area (Å²) >= 11 is 1.67. The molecule has 2 aromatic heterocycles. The van der Waals surface area contributed by atoms with Crippen molar-refractivity contribution in [2.75, 3.05) is 88.5 Å². The molecule has 43 heavy (non-hydrogen) atoms. The van der Waals surface area contributed by atoms with Gasteiger partial charge in [0.1, 0.15) is 0 Å². The minimum Gasteiger partial charge on any atom is -0.392 e. The average Bonchev–Trinajstić information content (AvgIpc) is 3.68. The lowest BCUT2D eigenvalue weighted by Crippen LogP contribution is -2.39. The number of aryl methyl sites for hydroxylation is 1. The number of anilines is 2. The van der Waals surface area contributed by atoms with Crippen molar-refractivity contribution in [1.82, 2.24) is 25.1 Å². The highest BCUT2D eigenvalue weighted by Gasteiger charge is 2.30. The maximum absolute atomic E-state index is 13.3. The number of aliphatic hydroxyl groups excluding tert-OH is 1. The molecule has 1 aromatic carbocycles. The lowest BCUT2D eigenvalue weighted by molar-refractivity contribution is -0.122. The third kappa shape index (κ3) is 7.12. The van der Waals surface area contributed by atoms with Crippen LogP contribution in [0.1, 0.15) is 48.5 Å². The van der Waals surface area contributed by atoms with Gasteiger partial charge in [0.2, 0.25) is 5.91 Å². The third-order valence-corrected chi connectivity index (χ3v) is 10.0. The summed E-state index contributed by atoms with van der Waals surface area (Å²) < 4.78 is 5.55. The lowest BCUT2D eigenvalue weighted by atomic mass is 10.0. The van der Waals surface area contributed by atoms with E-state index in [9.17, 15) is 9.90 Å². The van der Waals surface area contributed by atoms with Gasteiger partial charge >= 0.3 is 0 Å². The number of rotatable bonds is 10. The minimum absolute atomic E-state index is 0.0166. The number of fused-ring (bicyclic) bond motifs is 1. The van der Waals surface area contributed by atoms with Gasteiger partial charge in [0.15, 0.2) is 5.13 Å². The Kier molecular flexibility index (Phi) is 10.0. The SMILES string of the molecule is Cc1cc2cccnc2c(N2CCCN(C(CC(=O)NCCN3CCCC3)c3csc(N4CCOCC4)n3)CC2)c1CO. The number of ether oxygens (including phenoxy) is 1. The van der Waals surface area contributed by atoms with Gasteiger partial charge in [-0.3, -0.25) is 14.7 Å². The smallest absolute Gasteiger partial charge is 0.222 e. The number of nitrogens with one attached hydrogen (secondary N) is 1. The largest absolute Gasteiger partial charge is 0.392 e. The van der Waals surface area contributed by atoms with Crippen molar-refractivity contribution in [2.45, 2.75) is 45.3 Å². The molecule has 1 unspecified atom stereocenters. The summed E-state index contributed by atoms with van der Waals surface area (Å²) in [5.41, 5.74) is 4.99. The number of nitrogens with zero attached hydrogens (tertiary/aromatic N) is 6. The van der Waals surface area contributed by atoms with Crippen molar-refractivity contribution in [3.8, 4) is 0 Å². The first-order valence-electron chi connectivity index (χ1n) is 15.8. The van der Waals surface area contributed by atoms with E-state index in [-0.39, 0.29) is 18.6 Å². The molecule has 1 amide bonds. The Morgan fingerprint density at radius 3 is 2.72 bits per heavy atom. The zero-order chi connectivity index (χ0) is 29.6. The highest BCUT2D eigenvalue weighted by atomic mass is 32.1. The molecule has 10 nitrogen and oxygen atoms in total. The summed E-state index contributed by atoms with van der Waals surface area (Å²) in [7, 11) is 0.